The van der Waals surface area contributed by atoms with Gasteiger partial charge in [0.15, 0.2) is 0 Å². The van der Waals surface area contributed by atoms with Gasteiger partial charge in [0.2, 0.25) is 0 Å². The summed E-state index contributed by atoms with van der Waals surface area (Å²) in [6.07, 6.45) is 2.32. The Labute approximate surface area is 115 Å². The van der Waals surface area contributed by atoms with Crippen LogP contribution < -0.4 is 10.6 Å². The van der Waals surface area contributed by atoms with Crippen molar-refractivity contribution < 1.29 is 0 Å². The Morgan fingerprint density at radius 2 is 1.74 bits per heavy atom. The molecule has 2 heteroatoms. The summed E-state index contributed by atoms with van der Waals surface area (Å²) in [7, 11) is 2.06. The van der Waals surface area contributed by atoms with Crippen LogP contribution in [0.4, 0.5) is 17.1 Å². The molecule has 0 fully saturated rings. The van der Waals surface area contributed by atoms with E-state index in [4.69, 9.17) is 5.73 Å². The molecule has 0 saturated heterocycles. The molecule has 0 atom stereocenters. The molecule has 0 bridgehead atoms. The summed E-state index contributed by atoms with van der Waals surface area (Å²) >= 11 is 0. The Balaban J connectivity index is 2.27. The lowest BCUT2D eigenvalue weighted by Crippen LogP contribution is -2.11. The van der Waals surface area contributed by atoms with E-state index in [0.29, 0.717) is 0 Å². The van der Waals surface area contributed by atoms with Crippen LogP contribution in [0.25, 0.3) is 0 Å². The lowest BCUT2D eigenvalue weighted by molar-refractivity contribution is 0.921. The number of nitrogens with two attached hydrogens (primary N) is 1. The SMILES string of the molecule is CCCc1ccc(N(C)c2cc(C)ccc2N)cc1. The number of aryl methyl sites for hydroxylation is 2. The third-order valence-electron chi connectivity index (χ3n) is 3.41. The summed E-state index contributed by atoms with van der Waals surface area (Å²) in [6, 6.07) is 14.8. The predicted molar refractivity (Wildman–Crippen MR) is 84.1 cm³/mol. The van der Waals surface area contributed by atoms with Gasteiger partial charge >= 0.3 is 0 Å². The van der Waals surface area contributed by atoms with Gasteiger partial charge < -0.3 is 10.6 Å². The van der Waals surface area contributed by atoms with Crippen LogP contribution in [0.15, 0.2) is 42.5 Å². The third-order valence-corrected chi connectivity index (χ3v) is 3.41. The summed E-state index contributed by atoms with van der Waals surface area (Å²) in [5, 5.41) is 0. The standard InChI is InChI=1S/C17H22N2/c1-4-5-14-7-9-15(10-8-14)19(3)17-12-13(2)6-11-16(17)18/h6-12H,4-5,18H2,1-3H3. The second-order valence-corrected chi connectivity index (χ2v) is 5.04. The van der Waals surface area contributed by atoms with Crippen molar-refractivity contribution in [2.45, 2.75) is 26.7 Å². The van der Waals surface area contributed by atoms with E-state index in [9.17, 15) is 0 Å². The normalized spacial score (nSPS) is 10.5. The highest BCUT2D eigenvalue weighted by Crippen LogP contribution is 2.29. The lowest BCUT2D eigenvalue weighted by atomic mass is 10.1. The quantitative estimate of drug-likeness (QED) is 0.824. The topological polar surface area (TPSA) is 29.3 Å². The molecule has 0 saturated carbocycles. The van der Waals surface area contributed by atoms with Crippen LogP contribution in [0.2, 0.25) is 0 Å². The maximum Gasteiger partial charge on any atom is 0.0644 e. The number of hydrogen-bond acceptors (Lipinski definition) is 2. The smallest absolute Gasteiger partial charge is 0.0644 e. The number of benzene rings is 2. The van der Waals surface area contributed by atoms with Crippen LogP contribution in [0.5, 0.6) is 0 Å². The molecular formula is C17H22N2. The molecule has 100 valence electrons. The molecule has 0 spiro atoms. The maximum absolute atomic E-state index is 6.06. The van der Waals surface area contributed by atoms with Gasteiger partial charge in [-0.25, -0.2) is 0 Å². The van der Waals surface area contributed by atoms with Gasteiger partial charge in [-0.15, -0.1) is 0 Å². The van der Waals surface area contributed by atoms with E-state index in [2.05, 4.69) is 56.1 Å². The lowest BCUT2D eigenvalue weighted by Gasteiger charge is -2.22. The molecule has 2 rings (SSSR count). The van der Waals surface area contributed by atoms with Crippen molar-refractivity contribution in [1.29, 1.82) is 0 Å². The van der Waals surface area contributed by atoms with Gasteiger partial charge in [0.25, 0.3) is 0 Å². The maximum atomic E-state index is 6.06. The Morgan fingerprint density at radius 3 is 2.37 bits per heavy atom. The fraction of sp³-hybridized carbons (Fsp3) is 0.294. The molecule has 2 nitrogen and oxygen atoms in total. The molecule has 0 unspecified atom stereocenters. The van der Waals surface area contributed by atoms with Gasteiger partial charge in [0.1, 0.15) is 0 Å². The second kappa shape index (κ2) is 5.79. The molecule has 0 aliphatic heterocycles. The van der Waals surface area contributed by atoms with Crippen molar-refractivity contribution in [2.24, 2.45) is 0 Å². The number of rotatable bonds is 4. The first-order valence-corrected chi connectivity index (χ1v) is 6.80. The van der Waals surface area contributed by atoms with Crippen molar-refractivity contribution in [3.05, 3.63) is 53.6 Å². The Morgan fingerprint density at radius 1 is 1.05 bits per heavy atom. The first kappa shape index (κ1) is 13.5. The van der Waals surface area contributed by atoms with Crippen molar-refractivity contribution in [3.8, 4) is 0 Å². The van der Waals surface area contributed by atoms with E-state index in [1.54, 1.807) is 0 Å². The van der Waals surface area contributed by atoms with Gasteiger partial charge in [-0.3, -0.25) is 0 Å². The monoisotopic (exact) mass is 254 g/mol. The highest BCUT2D eigenvalue weighted by Gasteiger charge is 2.07. The zero-order valence-electron chi connectivity index (χ0n) is 12.0. The highest BCUT2D eigenvalue weighted by molar-refractivity contribution is 5.75. The second-order valence-electron chi connectivity index (χ2n) is 5.04. The average Bonchev–Trinajstić information content (AvgIpc) is 2.42. The van der Waals surface area contributed by atoms with E-state index < -0.39 is 0 Å². The molecule has 0 heterocycles. The van der Waals surface area contributed by atoms with Crippen molar-refractivity contribution >= 4 is 17.1 Å². The van der Waals surface area contributed by atoms with Crippen LogP contribution in [-0.4, -0.2) is 7.05 Å². The van der Waals surface area contributed by atoms with Gasteiger partial charge in [-0.05, 0) is 48.7 Å². The molecule has 0 aromatic heterocycles. The van der Waals surface area contributed by atoms with Crippen LogP contribution in [-0.2, 0) is 6.42 Å². The summed E-state index contributed by atoms with van der Waals surface area (Å²) < 4.78 is 0. The Kier molecular flexibility index (Phi) is 4.10. The summed E-state index contributed by atoms with van der Waals surface area (Å²) in [6.45, 7) is 4.29. The summed E-state index contributed by atoms with van der Waals surface area (Å²) in [5.74, 6) is 0. The summed E-state index contributed by atoms with van der Waals surface area (Å²) in [5.41, 5.74) is 11.7. The molecular weight excluding hydrogens is 232 g/mol. The van der Waals surface area contributed by atoms with Crippen molar-refractivity contribution in [1.82, 2.24) is 0 Å². The predicted octanol–water partition coefficient (Wildman–Crippen LogP) is 4.30. The molecule has 2 aromatic carbocycles. The van der Waals surface area contributed by atoms with Crippen molar-refractivity contribution in [3.63, 3.8) is 0 Å². The summed E-state index contributed by atoms with van der Waals surface area (Å²) in [4.78, 5) is 2.14. The van der Waals surface area contributed by atoms with Gasteiger partial charge in [-0.1, -0.05) is 31.5 Å². The molecule has 0 radical (unpaired) electrons. The Hall–Kier alpha value is -1.96. The third kappa shape index (κ3) is 3.08. The van der Waals surface area contributed by atoms with E-state index in [-0.39, 0.29) is 0 Å². The zero-order valence-corrected chi connectivity index (χ0v) is 12.0. The van der Waals surface area contributed by atoms with Crippen LogP contribution >= 0.6 is 0 Å². The number of nitrogen functional groups attached to an aromatic ring is 1. The van der Waals surface area contributed by atoms with Gasteiger partial charge in [0.05, 0.1) is 11.4 Å². The molecule has 0 amide bonds. The fourth-order valence-corrected chi connectivity index (χ4v) is 2.26. The van der Waals surface area contributed by atoms with E-state index >= 15 is 0 Å². The van der Waals surface area contributed by atoms with E-state index in [0.717, 1.165) is 23.5 Å². The Bertz CT molecular complexity index is 544. The van der Waals surface area contributed by atoms with Crippen LogP contribution in [0, 0.1) is 6.92 Å². The van der Waals surface area contributed by atoms with Crippen LogP contribution in [0.1, 0.15) is 24.5 Å². The fourth-order valence-electron chi connectivity index (χ4n) is 2.26. The largest absolute Gasteiger partial charge is 0.397 e. The van der Waals surface area contributed by atoms with Crippen LogP contribution in [0.3, 0.4) is 0 Å². The number of nitrogens with zero attached hydrogens (tertiary/aromatic N) is 1. The molecule has 0 aliphatic rings. The molecule has 19 heavy (non-hydrogen) atoms. The van der Waals surface area contributed by atoms with Gasteiger partial charge in [0, 0.05) is 12.7 Å². The molecule has 2 aromatic rings. The highest BCUT2D eigenvalue weighted by atomic mass is 15.1. The first-order chi connectivity index (χ1) is 9.11. The number of hydrogen-bond donors (Lipinski definition) is 1. The minimum atomic E-state index is 0.811. The minimum Gasteiger partial charge on any atom is -0.397 e. The van der Waals surface area contributed by atoms with Crippen molar-refractivity contribution in [2.75, 3.05) is 17.7 Å². The van der Waals surface area contributed by atoms with E-state index in [1.807, 2.05) is 12.1 Å². The van der Waals surface area contributed by atoms with E-state index in [1.165, 1.54) is 17.5 Å². The number of anilines is 3. The molecule has 0 aliphatic carbocycles. The zero-order chi connectivity index (χ0) is 13.8. The minimum absolute atomic E-state index is 0.811. The molecule has 2 N–H and O–H groups in total. The first-order valence-electron chi connectivity index (χ1n) is 6.80. The average molecular weight is 254 g/mol. The van der Waals surface area contributed by atoms with Gasteiger partial charge in [-0.2, -0.15) is 0 Å².